The number of carbonyl (C=O) groups excluding carboxylic acids is 2. The minimum atomic E-state index is -0.527. The Balaban J connectivity index is 1.62. The van der Waals surface area contributed by atoms with Crippen LogP contribution in [0.25, 0.3) is 0 Å². The van der Waals surface area contributed by atoms with Crippen molar-refractivity contribution < 1.29 is 23.8 Å². The molecule has 0 fully saturated rings. The molecule has 170 valence electrons. The van der Waals surface area contributed by atoms with E-state index in [1.165, 1.54) is 6.21 Å². The number of carbonyl (C=O) groups is 2. The predicted octanol–water partition coefficient (Wildman–Crippen LogP) is 4.82. The van der Waals surface area contributed by atoms with Crippen LogP contribution in [0, 0.1) is 13.8 Å². The van der Waals surface area contributed by atoms with E-state index in [2.05, 4.69) is 26.5 Å². The minimum Gasteiger partial charge on any atom is -0.497 e. The molecule has 1 amide bonds. The van der Waals surface area contributed by atoms with Crippen LogP contribution in [-0.4, -0.2) is 31.8 Å². The Morgan fingerprint density at radius 2 is 1.76 bits per heavy atom. The van der Waals surface area contributed by atoms with Crippen molar-refractivity contribution in [3.8, 4) is 17.2 Å². The molecule has 0 aliphatic carbocycles. The monoisotopic (exact) mass is 510 g/mol. The second-order valence-electron chi connectivity index (χ2n) is 7.15. The van der Waals surface area contributed by atoms with Gasteiger partial charge in [0, 0.05) is 10.0 Å². The lowest BCUT2D eigenvalue weighted by Crippen LogP contribution is -2.24. The van der Waals surface area contributed by atoms with Gasteiger partial charge in [-0.05, 0) is 73.5 Å². The number of rotatable bonds is 8. The Labute approximate surface area is 200 Å². The summed E-state index contributed by atoms with van der Waals surface area (Å²) in [4.78, 5) is 24.6. The van der Waals surface area contributed by atoms with Gasteiger partial charge in [-0.3, -0.25) is 4.79 Å². The number of nitrogens with one attached hydrogen (secondary N) is 1. The average Bonchev–Trinajstić information content (AvgIpc) is 2.81. The molecule has 0 atom stereocenters. The first-order valence-corrected chi connectivity index (χ1v) is 10.8. The van der Waals surface area contributed by atoms with E-state index < -0.39 is 11.9 Å². The van der Waals surface area contributed by atoms with E-state index in [4.69, 9.17) is 14.2 Å². The third-order valence-corrected chi connectivity index (χ3v) is 5.09. The van der Waals surface area contributed by atoms with Crippen molar-refractivity contribution in [3.05, 3.63) is 87.4 Å². The molecular weight excluding hydrogens is 488 g/mol. The number of hydrogen-bond acceptors (Lipinski definition) is 6. The van der Waals surface area contributed by atoms with Gasteiger partial charge in [-0.1, -0.05) is 28.1 Å². The average molecular weight is 511 g/mol. The van der Waals surface area contributed by atoms with E-state index in [0.717, 1.165) is 15.6 Å². The van der Waals surface area contributed by atoms with Gasteiger partial charge in [0.1, 0.15) is 17.2 Å². The summed E-state index contributed by atoms with van der Waals surface area (Å²) in [5.41, 5.74) is 5.27. The van der Waals surface area contributed by atoms with E-state index >= 15 is 0 Å². The molecule has 3 aromatic rings. The highest BCUT2D eigenvalue weighted by atomic mass is 79.9. The maximum absolute atomic E-state index is 12.5. The smallest absolute Gasteiger partial charge is 0.343 e. The van der Waals surface area contributed by atoms with Crippen LogP contribution in [0.4, 0.5) is 0 Å². The number of halogens is 1. The Morgan fingerprint density at radius 1 is 1.00 bits per heavy atom. The van der Waals surface area contributed by atoms with Gasteiger partial charge in [-0.25, -0.2) is 10.2 Å². The molecule has 0 spiro atoms. The molecule has 0 bridgehead atoms. The molecule has 0 radical (unpaired) electrons. The van der Waals surface area contributed by atoms with Crippen LogP contribution in [0.1, 0.15) is 27.0 Å². The molecule has 0 heterocycles. The van der Waals surface area contributed by atoms with Crippen molar-refractivity contribution in [1.29, 1.82) is 0 Å². The summed E-state index contributed by atoms with van der Waals surface area (Å²) in [6.45, 7) is 3.68. The van der Waals surface area contributed by atoms with E-state index in [-0.39, 0.29) is 6.61 Å². The number of amides is 1. The molecule has 3 aromatic carbocycles. The molecular formula is C25H23BrN2O5. The summed E-state index contributed by atoms with van der Waals surface area (Å²) >= 11 is 3.38. The van der Waals surface area contributed by atoms with Gasteiger partial charge in [-0.15, -0.1) is 0 Å². The molecule has 0 aromatic heterocycles. The zero-order chi connectivity index (χ0) is 23.8. The number of aryl methyl sites for hydroxylation is 2. The molecule has 7 nitrogen and oxygen atoms in total. The molecule has 3 rings (SSSR count). The van der Waals surface area contributed by atoms with E-state index in [1.54, 1.807) is 49.6 Å². The second kappa shape index (κ2) is 11.3. The molecule has 0 unspecified atom stereocenters. The number of benzene rings is 3. The van der Waals surface area contributed by atoms with Gasteiger partial charge in [-0.2, -0.15) is 5.10 Å². The number of ether oxygens (including phenoxy) is 3. The van der Waals surface area contributed by atoms with Crippen LogP contribution < -0.4 is 19.6 Å². The van der Waals surface area contributed by atoms with Crippen LogP contribution in [0.15, 0.2) is 70.2 Å². The van der Waals surface area contributed by atoms with Crippen LogP contribution in [0.2, 0.25) is 0 Å². The third kappa shape index (κ3) is 6.92. The quantitative estimate of drug-likeness (QED) is 0.203. The van der Waals surface area contributed by atoms with Crippen molar-refractivity contribution in [3.63, 3.8) is 0 Å². The van der Waals surface area contributed by atoms with E-state index in [0.29, 0.717) is 28.4 Å². The van der Waals surface area contributed by atoms with E-state index in [1.807, 2.05) is 32.0 Å². The Kier molecular flexibility index (Phi) is 8.21. The fourth-order valence-corrected chi connectivity index (χ4v) is 3.19. The van der Waals surface area contributed by atoms with Gasteiger partial charge in [0.05, 0.1) is 18.9 Å². The van der Waals surface area contributed by atoms with Gasteiger partial charge < -0.3 is 14.2 Å². The number of nitrogens with zero attached hydrogens (tertiary/aromatic N) is 1. The summed E-state index contributed by atoms with van der Waals surface area (Å²) in [5, 5.41) is 3.97. The van der Waals surface area contributed by atoms with Crippen molar-refractivity contribution >= 4 is 34.0 Å². The van der Waals surface area contributed by atoms with Crippen LogP contribution in [0.3, 0.4) is 0 Å². The summed E-state index contributed by atoms with van der Waals surface area (Å²) < 4.78 is 16.9. The van der Waals surface area contributed by atoms with Crippen LogP contribution in [-0.2, 0) is 4.79 Å². The lowest BCUT2D eigenvalue weighted by Gasteiger charge is -2.09. The van der Waals surface area contributed by atoms with Crippen molar-refractivity contribution in [1.82, 2.24) is 5.43 Å². The van der Waals surface area contributed by atoms with Gasteiger partial charge in [0.25, 0.3) is 5.91 Å². The Morgan fingerprint density at radius 3 is 2.48 bits per heavy atom. The van der Waals surface area contributed by atoms with Crippen molar-refractivity contribution in [2.75, 3.05) is 13.7 Å². The molecule has 0 saturated heterocycles. The third-order valence-electron chi connectivity index (χ3n) is 4.60. The normalized spacial score (nSPS) is 10.7. The van der Waals surface area contributed by atoms with Crippen LogP contribution >= 0.6 is 15.9 Å². The highest BCUT2D eigenvalue weighted by Crippen LogP contribution is 2.23. The zero-order valence-electron chi connectivity index (χ0n) is 18.4. The van der Waals surface area contributed by atoms with Gasteiger partial charge >= 0.3 is 5.97 Å². The SMILES string of the molecule is COc1ccc(C(=O)Oc2ccc(Br)cc2/C=N\NC(=O)COc2cc(C)ccc2C)cc1. The topological polar surface area (TPSA) is 86.2 Å². The maximum atomic E-state index is 12.5. The minimum absolute atomic E-state index is 0.181. The first kappa shape index (κ1) is 24.0. The second-order valence-corrected chi connectivity index (χ2v) is 8.07. The molecule has 0 aliphatic heterocycles. The first-order valence-electron chi connectivity index (χ1n) is 10.0. The summed E-state index contributed by atoms with van der Waals surface area (Å²) in [7, 11) is 1.55. The summed E-state index contributed by atoms with van der Waals surface area (Å²) in [6, 6.07) is 17.5. The molecule has 1 N–H and O–H groups in total. The lowest BCUT2D eigenvalue weighted by atomic mass is 10.1. The first-order chi connectivity index (χ1) is 15.9. The zero-order valence-corrected chi connectivity index (χ0v) is 20.0. The number of methoxy groups -OCH3 is 1. The Bertz CT molecular complexity index is 1180. The largest absolute Gasteiger partial charge is 0.497 e. The highest BCUT2D eigenvalue weighted by Gasteiger charge is 2.12. The summed E-state index contributed by atoms with van der Waals surface area (Å²) in [5.74, 6) is 0.636. The molecule has 0 aliphatic rings. The highest BCUT2D eigenvalue weighted by molar-refractivity contribution is 9.10. The molecule has 0 saturated carbocycles. The predicted molar refractivity (Wildman–Crippen MR) is 129 cm³/mol. The molecule has 8 heteroatoms. The molecule has 33 heavy (non-hydrogen) atoms. The fraction of sp³-hybridized carbons (Fsp3) is 0.160. The number of hydrogen-bond donors (Lipinski definition) is 1. The lowest BCUT2D eigenvalue weighted by molar-refractivity contribution is -0.123. The van der Waals surface area contributed by atoms with Gasteiger partial charge in [0.15, 0.2) is 6.61 Å². The number of esters is 1. The fourth-order valence-electron chi connectivity index (χ4n) is 2.81. The van der Waals surface area contributed by atoms with Gasteiger partial charge in [0.2, 0.25) is 0 Å². The van der Waals surface area contributed by atoms with Crippen molar-refractivity contribution in [2.24, 2.45) is 5.10 Å². The maximum Gasteiger partial charge on any atom is 0.343 e. The summed E-state index contributed by atoms with van der Waals surface area (Å²) in [6.07, 6.45) is 1.40. The Hall–Kier alpha value is -3.65. The van der Waals surface area contributed by atoms with E-state index in [9.17, 15) is 9.59 Å². The number of hydrazone groups is 1. The van der Waals surface area contributed by atoms with Crippen LogP contribution in [0.5, 0.6) is 17.2 Å². The standard InChI is InChI=1S/C25H23BrN2O5/c1-16-4-5-17(2)23(12-16)32-15-24(29)28-27-14-19-13-20(26)8-11-22(19)33-25(30)18-6-9-21(31-3)10-7-18/h4-14H,15H2,1-3H3,(H,28,29)/b27-14-. The van der Waals surface area contributed by atoms with Crippen molar-refractivity contribution in [2.45, 2.75) is 13.8 Å².